The number of hydrogen-bond acceptors (Lipinski definition) is 4. The average Bonchev–Trinajstić information content (AvgIpc) is 3.25. The van der Waals surface area contributed by atoms with Gasteiger partial charge in [-0.15, -0.1) is 12.4 Å². The number of carbonyl (C=O) groups excluding carboxylic acids is 1. The van der Waals surface area contributed by atoms with Gasteiger partial charge >= 0.3 is 6.18 Å². The van der Waals surface area contributed by atoms with Crippen molar-refractivity contribution in [2.45, 2.75) is 31.4 Å². The summed E-state index contributed by atoms with van der Waals surface area (Å²) in [6.07, 6.45) is -3.97. The first-order chi connectivity index (χ1) is 12.8. The molecule has 11 heteroatoms. The molecule has 0 aliphatic carbocycles. The fraction of sp³-hybridized carbons (Fsp3) is 0.353. The smallest absolute Gasteiger partial charge is 0.350 e. The second kappa shape index (κ2) is 8.58. The lowest BCUT2D eigenvalue weighted by molar-refractivity contribution is -0.137. The number of nitriles is 1. The molecule has 2 aromatic rings. The Hall–Kier alpha value is -2.64. The second-order valence-electron chi connectivity index (χ2n) is 6.12. The summed E-state index contributed by atoms with van der Waals surface area (Å²) in [5, 5.41) is 18.6. The molecule has 0 saturated carbocycles. The van der Waals surface area contributed by atoms with Gasteiger partial charge in [0.15, 0.2) is 5.69 Å². The molecule has 2 heterocycles. The van der Waals surface area contributed by atoms with Crippen LogP contribution in [0.3, 0.4) is 0 Å². The van der Waals surface area contributed by atoms with Gasteiger partial charge in [-0.05, 0) is 24.3 Å². The molecule has 1 fully saturated rings. The van der Waals surface area contributed by atoms with Crippen LogP contribution in [0.15, 0.2) is 30.5 Å². The van der Waals surface area contributed by atoms with Gasteiger partial charge in [-0.3, -0.25) is 4.79 Å². The van der Waals surface area contributed by atoms with Gasteiger partial charge in [0.2, 0.25) is 5.91 Å². The molecule has 0 spiro atoms. The summed E-state index contributed by atoms with van der Waals surface area (Å²) < 4.78 is 52.3. The van der Waals surface area contributed by atoms with Crippen LogP contribution in [0.1, 0.15) is 23.2 Å². The number of nitrogens with zero attached hydrogens (tertiary/aromatic N) is 3. The fourth-order valence-electron chi connectivity index (χ4n) is 2.77. The van der Waals surface area contributed by atoms with E-state index in [1.807, 2.05) is 6.07 Å². The van der Waals surface area contributed by atoms with Crippen molar-refractivity contribution < 1.29 is 22.4 Å². The Labute approximate surface area is 163 Å². The third-order valence-electron chi connectivity index (χ3n) is 4.20. The predicted octanol–water partition coefficient (Wildman–Crippen LogP) is 2.50. The maximum absolute atomic E-state index is 13.1. The van der Waals surface area contributed by atoms with E-state index in [1.165, 1.54) is 23.0 Å². The van der Waals surface area contributed by atoms with E-state index in [0.717, 1.165) is 12.1 Å². The lowest BCUT2D eigenvalue weighted by Crippen LogP contribution is -2.40. The molecule has 0 radical (unpaired) electrons. The first-order valence-electron chi connectivity index (χ1n) is 8.09. The molecule has 150 valence electrons. The van der Waals surface area contributed by atoms with E-state index in [0.29, 0.717) is 11.3 Å². The highest BCUT2D eigenvalue weighted by Crippen LogP contribution is 2.29. The van der Waals surface area contributed by atoms with Crippen molar-refractivity contribution in [3.63, 3.8) is 0 Å². The minimum absolute atomic E-state index is 0. The monoisotopic (exact) mass is 417 g/mol. The molecule has 1 aromatic carbocycles. The molecule has 28 heavy (non-hydrogen) atoms. The quantitative estimate of drug-likeness (QED) is 0.749. The van der Waals surface area contributed by atoms with Crippen molar-refractivity contribution in [3.8, 4) is 11.8 Å². The Bertz CT molecular complexity index is 875. The van der Waals surface area contributed by atoms with Crippen LogP contribution < -0.4 is 10.6 Å². The molecule has 2 unspecified atom stereocenters. The Morgan fingerprint density at radius 1 is 1.36 bits per heavy atom. The number of benzene rings is 1. The fourth-order valence-corrected chi connectivity index (χ4v) is 2.77. The van der Waals surface area contributed by atoms with Gasteiger partial charge in [-0.25, -0.2) is 9.07 Å². The number of halogens is 5. The van der Waals surface area contributed by atoms with Crippen LogP contribution in [0.5, 0.6) is 0 Å². The van der Waals surface area contributed by atoms with Crippen LogP contribution >= 0.6 is 12.4 Å². The molecule has 1 aliphatic heterocycles. The molecule has 3 rings (SSSR count). The standard InChI is InChI=1S/C17H15F4N5O.ClH/c18-12-5-14(23-8-12)16(27)24-7-10-9-26(25-15(10)6-22)13-3-1-11(2-4-13)17(19,20)21;/h1-4,9,12,14,23H,5,7-8H2,(H,24,27);1H. The summed E-state index contributed by atoms with van der Waals surface area (Å²) in [7, 11) is 0. The zero-order chi connectivity index (χ0) is 19.6. The molecule has 0 bridgehead atoms. The van der Waals surface area contributed by atoms with Crippen LogP contribution in [0.25, 0.3) is 5.69 Å². The van der Waals surface area contributed by atoms with Crippen molar-refractivity contribution >= 4 is 18.3 Å². The van der Waals surface area contributed by atoms with Crippen molar-refractivity contribution in [1.82, 2.24) is 20.4 Å². The van der Waals surface area contributed by atoms with Crippen LogP contribution in [0.2, 0.25) is 0 Å². The van der Waals surface area contributed by atoms with E-state index in [9.17, 15) is 27.6 Å². The number of carbonyl (C=O) groups is 1. The van der Waals surface area contributed by atoms with Crippen molar-refractivity contribution in [2.75, 3.05) is 6.54 Å². The highest BCUT2D eigenvalue weighted by molar-refractivity contribution is 5.85. The largest absolute Gasteiger partial charge is 0.416 e. The summed E-state index contributed by atoms with van der Waals surface area (Å²) >= 11 is 0. The summed E-state index contributed by atoms with van der Waals surface area (Å²) in [5.74, 6) is -0.388. The van der Waals surface area contributed by atoms with Crippen molar-refractivity contribution in [2.24, 2.45) is 0 Å². The Kier molecular flexibility index (Phi) is 6.64. The minimum Gasteiger partial charge on any atom is -0.350 e. The van der Waals surface area contributed by atoms with Crippen LogP contribution in [0.4, 0.5) is 17.6 Å². The topological polar surface area (TPSA) is 82.7 Å². The maximum Gasteiger partial charge on any atom is 0.416 e. The third kappa shape index (κ3) is 4.79. The number of aromatic nitrogens is 2. The normalized spacial score (nSPS) is 19.0. The van der Waals surface area contributed by atoms with E-state index in [-0.39, 0.29) is 43.5 Å². The van der Waals surface area contributed by atoms with Gasteiger partial charge < -0.3 is 10.6 Å². The first kappa shape index (κ1) is 21.7. The molecule has 1 amide bonds. The molecule has 2 atom stereocenters. The van der Waals surface area contributed by atoms with Crippen LogP contribution in [-0.2, 0) is 17.5 Å². The number of rotatable bonds is 4. The Morgan fingerprint density at radius 3 is 2.57 bits per heavy atom. The number of nitrogens with one attached hydrogen (secondary N) is 2. The first-order valence-corrected chi connectivity index (χ1v) is 8.09. The minimum atomic E-state index is -4.44. The Morgan fingerprint density at radius 2 is 2.04 bits per heavy atom. The summed E-state index contributed by atoms with van der Waals surface area (Å²) in [4.78, 5) is 12.0. The molecule has 1 saturated heterocycles. The van der Waals surface area contributed by atoms with Crippen molar-refractivity contribution in [3.05, 3.63) is 47.3 Å². The summed E-state index contributed by atoms with van der Waals surface area (Å²) in [6, 6.07) is 5.57. The highest BCUT2D eigenvalue weighted by atomic mass is 35.5. The molecular weight excluding hydrogens is 402 g/mol. The van der Waals surface area contributed by atoms with E-state index >= 15 is 0 Å². The lowest BCUT2D eigenvalue weighted by Gasteiger charge is -2.10. The summed E-state index contributed by atoms with van der Waals surface area (Å²) in [6.45, 7) is 0.116. The van der Waals surface area contributed by atoms with Gasteiger partial charge in [-0.1, -0.05) is 0 Å². The Balaban J connectivity index is 0.00000280. The van der Waals surface area contributed by atoms with Crippen LogP contribution in [-0.4, -0.2) is 34.4 Å². The van der Waals surface area contributed by atoms with E-state index in [1.54, 1.807) is 0 Å². The molecule has 1 aliphatic rings. The van der Waals surface area contributed by atoms with E-state index < -0.39 is 24.0 Å². The molecular formula is C17H16ClF4N5O. The van der Waals surface area contributed by atoms with Gasteiger partial charge in [0.25, 0.3) is 0 Å². The van der Waals surface area contributed by atoms with Gasteiger partial charge in [0.05, 0.1) is 17.3 Å². The van der Waals surface area contributed by atoms with E-state index in [2.05, 4.69) is 15.7 Å². The zero-order valence-corrected chi connectivity index (χ0v) is 15.1. The number of hydrogen-bond donors (Lipinski definition) is 2. The maximum atomic E-state index is 13.1. The predicted molar refractivity (Wildman–Crippen MR) is 93.7 cm³/mol. The molecule has 2 N–H and O–H groups in total. The number of amides is 1. The van der Waals surface area contributed by atoms with E-state index in [4.69, 9.17) is 0 Å². The van der Waals surface area contributed by atoms with Gasteiger partial charge in [0, 0.05) is 31.3 Å². The molecule has 6 nitrogen and oxygen atoms in total. The van der Waals surface area contributed by atoms with Gasteiger partial charge in [-0.2, -0.15) is 23.5 Å². The SMILES string of the molecule is Cl.N#Cc1nn(-c2ccc(C(F)(F)F)cc2)cc1CNC(=O)C1CC(F)CN1. The lowest BCUT2D eigenvalue weighted by atomic mass is 10.2. The van der Waals surface area contributed by atoms with Gasteiger partial charge in [0.1, 0.15) is 12.2 Å². The highest BCUT2D eigenvalue weighted by Gasteiger charge is 2.30. The third-order valence-corrected chi connectivity index (χ3v) is 4.20. The average molecular weight is 418 g/mol. The number of alkyl halides is 4. The summed E-state index contributed by atoms with van der Waals surface area (Å²) in [5.41, 5.74) is -0.00470. The van der Waals surface area contributed by atoms with Crippen molar-refractivity contribution in [1.29, 1.82) is 5.26 Å². The molecule has 1 aromatic heterocycles. The second-order valence-corrected chi connectivity index (χ2v) is 6.12. The van der Waals surface area contributed by atoms with Crippen LogP contribution in [0, 0.1) is 11.3 Å². The zero-order valence-electron chi connectivity index (χ0n) is 14.3.